The number of amides is 1. The maximum atomic E-state index is 12.6. The quantitative estimate of drug-likeness (QED) is 0.836. The Bertz CT molecular complexity index is 488. The van der Waals surface area contributed by atoms with E-state index in [0.29, 0.717) is 24.9 Å². The Morgan fingerprint density at radius 1 is 1.23 bits per heavy atom. The van der Waals surface area contributed by atoms with Crippen LogP contribution in [0, 0.1) is 0 Å². The minimum atomic E-state index is -4.40. The normalized spacial score (nSPS) is 11.7. The summed E-state index contributed by atoms with van der Waals surface area (Å²) in [5.41, 5.74) is 5.17. The highest BCUT2D eigenvalue weighted by Gasteiger charge is 2.30. The molecule has 0 saturated carbocycles. The summed E-state index contributed by atoms with van der Waals surface area (Å²) in [6, 6.07) is 4.79. The zero-order chi connectivity index (χ0) is 16.1. The standard InChI is InChI=1S/C15H21F3N2O.ClH/c1-3-14(19,4-2)10-20-13(21)9-11-6-5-7-12(8-11)15(16,17)18;/h5-8H,3-4,9-10,19H2,1-2H3,(H,20,21);1H. The first-order valence-electron chi connectivity index (χ1n) is 6.92. The first kappa shape index (κ1) is 20.7. The van der Waals surface area contributed by atoms with Gasteiger partial charge in [0, 0.05) is 12.1 Å². The lowest BCUT2D eigenvalue weighted by Gasteiger charge is -2.26. The van der Waals surface area contributed by atoms with E-state index < -0.39 is 17.3 Å². The third kappa shape index (κ3) is 6.23. The third-order valence-electron chi connectivity index (χ3n) is 3.66. The molecule has 0 radical (unpaired) electrons. The number of hydrogen-bond acceptors (Lipinski definition) is 2. The Balaban J connectivity index is 0.00000441. The van der Waals surface area contributed by atoms with E-state index in [1.807, 2.05) is 13.8 Å². The highest BCUT2D eigenvalue weighted by Crippen LogP contribution is 2.29. The Labute approximate surface area is 134 Å². The van der Waals surface area contributed by atoms with Crippen LogP contribution < -0.4 is 11.1 Å². The molecular weight excluding hydrogens is 317 g/mol. The monoisotopic (exact) mass is 338 g/mol. The minimum absolute atomic E-state index is 0. The molecule has 0 aliphatic rings. The lowest BCUT2D eigenvalue weighted by molar-refractivity contribution is -0.137. The molecule has 1 aromatic rings. The minimum Gasteiger partial charge on any atom is -0.354 e. The van der Waals surface area contributed by atoms with Crippen molar-refractivity contribution in [2.24, 2.45) is 5.73 Å². The smallest absolute Gasteiger partial charge is 0.354 e. The molecule has 22 heavy (non-hydrogen) atoms. The highest BCUT2D eigenvalue weighted by molar-refractivity contribution is 5.85. The summed E-state index contributed by atoms with van der Waals surface area (Å²) >= 11 is 0. The van der Waals surface area contributed by atoms with Crippen molar-refractivity contribution >= 4 is 18.3 Å². The number of alkyl halides is 3. The van der Waals surface area contributed by atoms with Crippen LogP contribution in [0.5, 0.6) is 0 Å². The van der Waals surface area contributed by atoms with Gasteiger partial charge >= 0.3 is 6.18 Å². The number of nitrogens with one attached hydrogen (secondary N) is 1. The summed E-state index contributed by atoms with van der Waals surface area (Å²) < 4.78 is 37.8. The Kier molecular flexibility index (Phi) is 7.90. The molecule has 3 nitrogen and oxygen atoms in total. The molecule has 0 aliphatic heterocycles. The van der Waals surface area contributed by atoms with Crippen LogP contribution in [0.2, 0.25) is 0 Å². The van der Waals surface area contributed by atoms with E-state index in [4.69, 9.17) is 5.73 Å². The number of carbonyl (C=O) groups is 1. The molecule has 0 aliphatic carbocycles. The summed E-state index contributed by atoms with van der Waals surface area (Å²) in [5, 5.41) is 2.69. The molecular formula is C15H22ClF3N2O. The van der Waals surface area contributed by atoms with Crippen LogP contribution in [0.1, 0.15) is 37.8 Å². The van der Waals surface area contributed by atoms with E-state index in [1.165, 1.54) is 12.1 Å². The summed E-state index contributed by atoms with van der Waals surface area (Å²) in [7, 11) is 0. The zero-order valence-corrected chi connectivity index (χ0v) is 13.5. The van der Waals surface area contributed by atoms with Gasteiger partial charge in [-0.05, 0) is 24.5 Å². The zero-order valence-electron chi connectivity index (χ0n) is 12.7. The molecule has 1 rings (SSSR count). The average molecular weight is 339 g/mol. The molecule has 3 N–H and O–H groups in total. The van der Waals surface area contributed by atoms with E-state index in [9.17, 15) is 18.0 Å². The molecule has 1 amide bonds. The second-order valence-corrected chi connectivity index (χ2v) is 5.22. The van der Waals surface area contributed by atoms with Crippen LogP contribution in [0.25, 0.3) is 0 Å². The number of hydrogen-bond donors (Lipinski definition) is 2. The Morgan fingerprint density at radius 2 is 1.82 bits per heavy atom. The van der Waals surface area contributed by atoms with Crippen LogP contribution in [0.15, 0.2) is 24.3 Å². The van der Waals surface area contributed by atoms with Crippen LogP contribution in [-0.4, -0.2) is 18.0 Å². The van der Waals surface area contributed by atoms with Crippen molar-refractivity contribution in [3.8, 4) is 0 Å². The van der Waals surface area contributed by atoms with Crippen LogP contribution in [-0.2, 0) is 17.4 Å². The maximum absolute atomic E-state index is 12.6. The van der Waals surface area contributed by atoms with Gasteiger partial charge in [0.15, 0.2) is 0 Å². The van der Waals surface area contributed by atoms with Crippen molar-refractivity contribution in [1.82, 2.24) is 5.32 Å². The molecule has 0 heterocycles. The van der Waals surface area contributed by atoms with Gasteiger partial charge in [-0.1, -0.05) is 32.0 Å². The summed E-state index contributed by atoms with van der Waals surface area (Å²) in [5.74, 6) is -0.328. The van der Waals surface area contributed by atoms with Crippen molar-refractivity contribution in [2.75, 3.05) is 6.54 Å². The van der Waals surface area contributed by atoms with Crippen molar-refractivity contribution in [1.29, 1.82) is 0 Å². The second-order valence-electron chi connectivity index (χ2n) is 5.22. The third-order valence-corrected chi connectivity index (χ3v) is 3.66. The van der Waals surface area contributed by atoms with E-state index in [-0.39, 0.29) is 24.7 Å². The van der Waals surface area contributed by atoms with Gasteiger partial charge in [-0.25, -0.2) is 0 Å². The van der Waals surface area contributed by atoms with Crippen molar-refractivity contribution in [2.45, 2.75) is 44.8 Å². The van der Waals surface area contributed by atoms with Gasteiger partial charge < -0.3 is 11.1 Å². The van der Waals surface area contributed by atoms with E-state index in [0.717, 1.165) is 12.1 Å². The molecule has 126 valence electrons. The molecule has 0 fully saturated rings. The van der Waals surface area contributed by atoms with Crippen molar-refractivity contribution in [3.63, 3.8) is 0 Å². The maximum Gasteiger partial charge on any atom is 0.416 e. The summed E-state index contributed by atoms with van der Waals surface area (Å²) in [6.07, 6.45) is -3.06. The average Bonchev–Trinajstić information content (AvgIpc) is 2.44. The fourth-order valence-corrected chi connectivity index (χ4v) is 1.88. The van der Waals surface area contributed by atoms with Crippen molar-refractivity contribution in [3.05, 3.63) is 35.4 Å². The van der Waals surface area contributed by atoms with E-state index in [2.05, 4.69) is 5.32 Å². The first-order chi connectivity index (χ1) is 9.70. The SMILES string of the molecule is CCC(N)(CC)CNC(=O)Cc1cccc(C(F)(F)F)c1.Cl. The molecule has 0 bridgehead atoms. The van der Waals surface area contributed by atoms with Gasteiger partial charge in [-0.15, -0.1) is 12.4 Å². The van der Waals surface area contributed by atoms with Crippen LogP contribution in [0.3, 0.4) is 0 Å². The number of rotatable bonds is 6. The van der Waals surface area contributed by atoms with Gasteiger partial charge in [0.05, 0.1) is 12.0 Å². The number of halogens is 4. The fraction of sp³-hybridized carbons (Fsp3) is 0.533. The lowest BCUT2D eigenvalue weighted by atomic mass is 9.94. The predicted octanol–water partition coefficient (Wildman–Crippen LogP) is 3.30. The second kappa shape index (κ2) is 8.39. The van der Waals surface area contributed by atoms with Gasteiger partial charge in [0.25, 0.3) is 0 Å². The largest absolute Gasteiger partial charge is 0.416 e. The molecule has 0 unspecified atom stereocenters. The molecule has 1 aromatic carbocycles. The van der Waals surface area contributed by atoms with E-state index in [1.54, 1.807) is 0 Å². The molecule has 0 spiro atoms. The van der Waals surface area contributed by atoms with Gasteiger partial charge in [-0.2, -0.15) is 13.2 Å². The summed E-state index contributed by atoms with van der Waals surface area (Å²) in [6.45, 7) is 4.18. The number of benzene rings is 1. The highest BCUT2D eigenvalue weighted by atomic mass is 35.5. The predicted molar refractivity (Wildman–Crippen MR) is 82.9 cm³/mol. The van der Waals surface area contributed by atoms with Gasteiger partial charge in [-0.3, -0.25) is 4.79 Å². The molecule has 0 atom stereocenters. The first-order valence-corrected chi connectivity index (χ1v) is 6.92. The van der Waals surface area contributed by atoms with Crippen molar-refractivity contribution < 1.29 is 18.0 Å². The van der Waals surface area contributed by atoms with Crippen LogP contribution >= 0.6 is 12.4 Å². The van der Waals surface area contributed by atoms with E-state index >= 15 is 0 Å². The fourth-order valence-electron chi connectivity index (χ4n) is 1.88. The molecule has 0 saturated heterocycles. The summed E-state index contributed by atoms with van der Waals surface area (Å²) in [4.78, 5) is 11.8. The number of nitrogens with two attached hydrogens (primary N) is 1. The van der Waals surface area contributed by atoms with Gasteiger partial charge in [0.2, 0.25) is 5.91 Å². The van der Waals surface area contributed by atoms with Crippen LogP contribution in [0.4, 0.5) is 13.2 Å². The Hall–Kier alpha value is -1.27. The topological polar surface area (TPSA) is 55.1 Å². The molecule has 0 aromatic heterocycles. The molecule has 7 heteroatoms. The lowest BCUT2D eigenvalue weighted by Crippen LogP contribution is -2.49. The Morgan fingerprint density at radius 3 is 2.32 bits per heavy atom. The van der Waals surface area contributed by atoms with Gasteiger partial charge in [0.1, 0.15) is 0 Å². The number of carbonyl (C=O) groups excluding carboxylic acids is 1.